The minimum Gasteiger partial charge on any atom is -0.302 e. The Labute approximate surface area is 95.6 Å². The molecule has 0 aliphatic heterocycles. The molecule has 1 aromatic rings. The van der Waals surface area contributed by atoms with E-state index in [1.54, 1.807) is 6.07 Å². The molecule has 0 amide bonds. The van der Waals surface area contributed by atoms with Gasteiger partial charge in [-0.15, -0.1) is 9.85 Å². The van der Waals surface area contributed by atoms with E-state index in [0.717, 1.165) is 0 Å². The largest absolute Gasteiger partial charge is 0.504 e. The summed E-state index contributed by atoms with van der Waals surface area (Å²) in [5.41, 5.74) is -0.0314. The van der Waals surface area contributed by atoms with Crippen LogP contribution in [0.4, 0.5) is 5.69 Å². The number of phosphoric acid groups is 2. The highest BCUT2D eigenvalue weighted by molar-refractivity contribution is 7.60. The van der Waals surface area contributed by atoms with E-state index in [0.29, 0.717) is 0 Å². The summed E-state index contributed by atoms with van der Waals surface area (Å²) in [7, 11) is -10.3. The molecule has 4 N–H and O–H groups in total. The first-order valence-corrected chi connectivity index (χ1v) is 7.06. The topological polar surface area (TPSA) is 137 Å². The first-order chi connectivity index (χ1) is 7.70. The van der Waals surface area contributed by atoms with Crippen LogP contribution in [0.1, 0.15) is 0 Å². The lowest BCUT2D eigenvalue weighted by molar-refractivity contribution is 0.0249. The molecule has 0 saturated heterocycles. The van der Waals surface area contributed by atoms with Crippen molar-refractivity contribution in [2.45, 2.75) is 0 Å². The minimum atomic E-state index is -5.21. The van der Waals surface area contributed by atoms with Crippen LogP contribution < -0.4 is 5.23 Å². The van der Waals surface area contributed by atoms with Crippen molar-refractivity contribution in [1.82, 2.24) is 0 Å². The van der Waals surface area contributed by atoms with Crippen LogP contribution in [0, 0.1) is 0 Å². The smallest absolute Gasteiger partial charge is 0.302 e. The maximum Gasteiger partial charge on any atom is 0.504 e. The lowest BCUT2D eigenvalue weighted by Gasteiger charge is -2.18. The summed E-state index contributed by atoms with van der Waals surface area (Å²) in [6.45, 7) is 0. The summed E-state index contributed by atoms with van der Waals surface area (Å²) in [6, 6.07) is 7.24. The average Bonchev–Trinajstić information content (AvgIpc) is 2.14. The van der Waals surface area contributed by atoms with Crippen LogP contribution >= 0.6 is 15.6 Å². The lowest BCUT2D eigenvalue weighted by Crippen LogP contribution is -2.17. The van der Waals surface area contributed by atoms with E-state index in [-0.39, 0.29) is 10.9 Å². The summed E-state index contributed by atoms with van der Waals surface area (Å²) in [5, 5.41) is 9.07. The highest BCUT2D eigenvalue weighted by Gasteiger charge is 2.35. The quantitative estimate of drug-likeness (QED) is 0.461. The maximum atomic E-state index is 11.0. The third-order valence-electron chi connectivity index (χ3n) is 1.37. The van der Waals surface area contributed by atoms with Crippen molar-refractivity contribution >= 4 is 21.3 Å². The van der Waals surface area contributed by atoms with Crippen LogP contribution in [0.2, 0.25) is 0 Å². The summed E-state index contributed by atoms with van der Waals surface area (Å²) in [5.74, 6) is 0. The van der Waals surface area contributed by atoms with E-state index in [9.17, 15) is 14.3 Å². The van der Waals surface area contributed by atoms with Gasteiger partial charge in [0.15, 0.2) is 0 Å². The number of hydrogen-bond donors (Lipinski definition) is 4. The van der Waals surface area contributed by atoms with Crippen molar-refractivity contribution < 1.29 is 38.0 Å². The van der Waals surface area contributed by atoms with Crippen molar-refractivity contribution in [3.05, 3.63) is 30.3 Å². The second kappa shape index (κ2) is 5.26. The molecule has 0 aliphatic rings. The Balaban J connectivity index is 2.72. The molecule has 1 atom stereocenters. The second-order valence-corrected chi connectivity index (χ2v) is 5.47. The summed E-state index contributed by atoms with van der Waals surface area (Å²) < 4.78 is 28.8. The molecular weight excluding hydrogens is 276 g/mol. The second-order valence-electron chi connectivity index (χ2n) is 2.73. The standard InChI is InChI=1S/C6H9NO8P2/c8-7(6-4-2-1-3-5-6)14-17(12,13)15-16(9,10)11/h1-5,8H,(H,12,13)(H2,9,10,11). The lowest BCUT2D eigenvalue weighted by atomic mass is 10.3. The normalized spacial score (nSPS) is 15.3. The Morgan fingerprint density at radius 1 is 1.06 bits per heavy atom. The van der Waals surface area contributed by atoms with Gasteiger partial charge in [0.05, 0.1) is 5.69 Å². The van der Waals surface area contributed by atoms with Crippen LogP contribution in [0.5, 0.6) is 0 Å². The molecule has 0 saturated carbocycles. The number of anilines is 1. The van der Waals surface area contributed by atoms with E-state index in [2.05, 4.69) is 8.94 Å². The highest BCUT2D eigenvalue weighted by atomic mass is 31.3. The van der Waals surface area contributed by atoms with E-state index in [1.165, 1.54) is 24.3 Å². The van der Waals surface area contributed by atoms with Crippen LogP contribution in [-0.4, -0.2) is 19.9 Å². The Bertz CT molecular complexity index is 458. The Hall–Kier alpha value is -0.760. The molecular formula is C6H9NO8P2. The number of rotatable bonds is 5. The zero-order valence-electron chi connectivity index (χ0n) is 8.15. The fourth-order valence-electron chi connectivity index (χ4n) is 0.850. The van der Waals surface area contributed by atoms with Gasteiger partial charge in [-0.25, -0.2) is 9.13 Å². The fraction of sp³-hybridized carbons (Fsp3) is 0. The highest BCUT2D eigenvalue weighted by Crippen LogP contribution is 2.58. The van der Waals surface area contributed by atoms with Crippen LogP contribution in [0.25, 0.3) is 0 Å². The molecule has 11 heteroatoms. The predicted octanol–water partition coefficient (Wildman–Crippen LogP) is 1.02. The zero-order chi connectivity index (χ0) is 13.1. The van der Waals surface area contributed by atoms with Gasteiger partial charge >= 0.3 is 15.6 Å². The zero-order valence-corrected chi connectivity index (χ0v) is 9.94. The molecule has 0 aliphatic carbocycles. The van der Waals surface area contributed by atoms with Gasteiger partial charge in [-0.2, -0.15) is 4.31 Å². The molecule has 96 valence electrons. The molecule has 0 radical (unpaired) electrons. The van der Waals surface area contributed by atoms with Crippen LogP contribution in [0.3, 0.4) is 0 Å². The van der Waals surface area contributed by atoms with E-state index >= 15 is 0 Å². The number of benzene rings is 1. The van der Waals surface area contributed by atoms with E-state index < -0.39 is 15.6 Å². The maximum absolute atomic E-state index is 11.0. The number of nitrogens with zero attached hydrogens (tertiary/aromatic N) is 1. The SMILES string of the molecule is O=P(O)(O)OP(=O)(O)ON(O)c1ccccc1. The Kier molecular flexibility index (Phi) is 4.42. The molecule has 0 spiro atoms. The summed E-state index contributed by atoms with van der Waals surface area (Å²) in [4.78, 5) is 25.5. The third kappa shape index (κ3) is 5.40. The van der Waals surface area contributed by atoms with Gasteiger partial charge in [-0.3, -0.25) is 5.21 Å². The Morgan fingerprint density at radius 2 is 1.59 bits per heavy atom. The van der Waals surface area contributed by atoms with Crippen molar-refractivity contribution in [3.8, 4) is 0 Å². The van der Waals surface area contributed by atoms with Gasteiger partial charge in [0.25, 0.3) is 0 Å². The summed E-state index contributed by atoms with van der Waals surface area (Å²) in [6.07, 6.45) is 0. The third-order valence-corrected chi connectivity index (χ3v) is 3.40. The van der Waals surface area contributed by atoms with Gasteiger partial charge in [-0.1, -0.05) is 18.2 Å². The monoisotopic (exact) mass is 285 g/mol. The van der Waals surface area contributed by atoms with Crippen LogP contribution in [-0.2, 0) is 18.1 Å². The van der Waals surface area contributed by atoms with Crippen molar-refractivity contribution in [2.75, 3.05) is 5.23 Å². The van der Waals surface area contributed by atoms with Gasteiger partial charge in [0.1, 0.15) is 0 Å². The first-order valence-electron chi connectivity index (χ1n) is 4.03. The molecule has 0 bridgehead atoms. The van der Waals surface area contributed by atoms with Gasteiger partial charge in [0, 0.05) is 0 Å². The van der Waals surface area contributed by atoms with Crippen LogP contribution in [0.15, 0.2) is 30.3 Å². The fourth-order valence-corrected chi connectivity index (χ4v) is 2.33. The van der Waals surface area contributed by atoms with E-state index in [4.69, 9.17) is 14.7 Å². The van der Waals surface area contributed by atoms with Gasteiger partial charge < -0.3 is 14.7 Å². The summed E-state index contributed by atoms with van der Waals surface area (Å²) >= 11 is 0. The number of hydrogen-bond acceptors (Lipinski definition) is 6. The molecule has 1 rings (SSSR count). The van der Waals surface area contributed by atoms with Gasteiger partial charge in [0.2, 0.25) is 0 Å². The first kappa shape index (κ1) is 14.3. The van der Waals surface area contributed by atoms with Crippen molar-refractivity contribution in [2.24, 2.45) is 0 Å². The molecule has 0 heterocycles. The van der Waals surface area contributed by atoms with E-state index in [1.807, 2.05) is 0 Å². The molecule has 0 fully saturated rings. The molecule has 0 aromatic heterocycles. The predicted molar refractivity (Wildman–Crippen MR) is 54.7 cm³/mol. The molecule has 9 nitrogen and oxygen atoms in total. The minimum absolute atomic E-state index is 0.0314. The number of para-hydroxylation sites is 1. The molecule has 1 unspecified atom stereocenters. The van der Waals surface area contributed by atoms with Gasteiger partial charge in [-0.05, 0) is 12.1 Å². The molecule has 1 aromatic carbocycles. The van der Waals surface area contributed by atoms with Crippen molar-refractivity contribution in [3.63, 3.8) is 0 Å². The molecule has 17 heavy (non-hydrogen) atoms. The van der Waals surface area contributed by atoms with Crippen molar-refractivity contribution in [1.29, 1.82) is 0 Å². The Morgan fingerprint density at radius 3 is 2.06 bits per heavy atom. The average molecular weight is 285 g/mol.